The predicted molar refractivity (Wildman–Crippen MR) is 77.9 cm³/mol. The fourth-order valence-electron chi connectivity index (χ4n) is 1.99. The molecule has 0 aliphatic carbocycles. The monoisotopic (exact) mass is 337 g/mol. The highest BCUT2D eigenvalue weighted by atomic mass is 32.3. The smallest absolute Gasteiger partial charge is 0.319 e. The summed E-state index contributed by atoms with van der Waals surface area (Å²) in [6, 6.07) is 0.251. The highest BCUT2D eigenvalue weighted by Gasteiger charge is 2.29. The Morgan fingerprint density at radius 2 is 2.10 bits per heavy atom. The number of aromatic nitrogens is 3. The molecule has 0 spiro atoms. The Labute approximate surface area is 126 Å². The summed E-state index contributed by atoms with van der Waals surface area (Å²) in [6.45, 7) is 2.80. The van der Waals surface area contributed by atoms with E-state index >= 15 is 0 Å². The molecular formula is C9H17N6O4S2+. The summed E-state index contributed by atoms with van der Waals surface area (Å²) in [5.41, 5.74) is 11.2. The van der Waals surface area contributed by atoms with Gasteiger partial charge < -0.3 is 16.4 Å². The highest BCUT2D eigenvalue weighted by Crippen LogP contribution is 2.23. The molecule has 0 bridgehead atoms. The lowest BCUT2D eigenvalue weighted by molar-refractivity contribution is -0.836. The van der Waals surface area contributed by atoms with Crippen LogP contribution in [0.15, 0.2) is 0 Å². The number of nitrogen functional groups attached to an aromatic ring is 2. The van der Waals surface area contributed by atoms with Crippen molar-refractivity contribution >= 4 is 40.0 Å². The number of thioether (sulfide) groups is 1. The minimum absolute atomic E-state index is 0.251. The second-order valence-corrected chi connectivity index (χ2v) is 6.52. The molecule has 0 saturated carbocycles. The third kappa shape index (κ3) is 3.77. The Kier molecular flexibility index (Phi) is 4.58. The van der Waals surface area contributed by atoms with Gasteiger partial charge in [0.2, 0.25) is 0 Å². The van der Waals surface area contributed by atoms with Gasteiger partial charge in [-0.05, 0) is 11.2 Å². The number of hydrogen-bond donors (Lipinski definition) is 3. The molecule has 1 fully saturated rings. The molecule has 1 aromatic rings. The molecular weight excluding hydrogens is 320 g/mol. The Balaban J connectivity index is 2.34. The lowest BCUT2D eigenvalue weighted by Crippen LogP contribution is -2.52. The van der Waals surface area contributed by atoms with Gasteiger partial charge in [-0.1, -0.05) is 16.9 Å². The molecule has 0 radical (unpaired) electrons. The maximum absolute atomic E-state index is 10.7. The third-order valence-electron chi connectivity index (χ3n) is 2.97. The Morgan fingerprint density at radius 1 is 1.48 bits per heavy atom. The van der Waals surface area contributed by atoms with E-state index in [0.29, 0.717) is 10.7 Å². The standard InChI is InChI=1S/C9H16N6O4S2/c1-2-6-5-20-4-3-14(6)9-12-7(10)15(8(11)13-9)19-21(16,17)18/h6H,2-5H2,1H3,(H4,10,11,12,13,16,17,18)/p+1. The van der Waals surface area contributed by atoms with E-state index in [2.05, 4.69) is 21.2 Å². The molecule has 5 N–H and O–H groups in total. The van der Waals surface area contributed by atoms with Gasteiger partial charge in [0.05, 0.1) is 0 Å². The molecule has 1 saturated heterocycles. The fourth-order valence-corrected chi connectivity index (χ4v) is 3.51. The van der Waals surface area contributed by atoms with Crippen molar-refractivity contribution in [2.24, 2.45) is 0 Å². The van der Waals surface area contributed by atoms with E-state index in [0.717, 1.165) is 24.5 Å². The zero-order chi connectivity index (χ0) is 15.6. The maximum Gasteiger partial charge on any atom is 0.472 e. The second-order valence-electron chi connectivity index (χ2n) is 4.37. The normalized spacial score (nSPS) is 19.5. The van der Waals surface area contributed by atoms with Crippen LogP contribution in [-0.4, -0.2) is 47.0 Å². The van der Waals surface area contributed by atoms with Gasteiger partial charge in [0, 0.05) is 24.1 Å². The topological polar surface area (TPSA) is 149 Å². The van der Waals surface area contributed by atoms with Gasteiger partial charge in [0.15, 0.2) is 0 Å². The first-order valence-corrected chi connectivity index (χ1v) is 8.70. The molecule has 1 unspecified atom stereocenters. The SMILES string of the molecule is CCC1CSCCN1c1nc(N)[n+](OS(=O)(=O)O)c(N)n1. The van der Waals surface area contributed by atoms with E-state index in [1.54, 1.807) is 0 Å². The van der Waals surface area contributed by atoms with Gasteiger partial charge in [-0.25, -0.2) is 4.28 Å². The highest BCUT2D eigenvalue weighted by molar-refractivity contribution is 7.99. The van der Waals surface area contributed by atoms with E-state index in [4.69, 9.17) is 16.0 Å². The average Bonchev–Trinajstić information content (AvgIpc) is 2.41. The van der Waals surface area contributed by atoms with Crippen LogP contribution in [-0.2, 0) is 10.4 Å². The van der Waals surface area contributed by atoms with Crippen LogP contribution < -0.4 is 25.4 Å². The van der Waals surface area contributed by atoms with Crippen molar-refractivity contribution in [2.75, 3.05) is 34.4 Å². The zero-order valence-corrected chi connectivity index (χ0v) is 13.0. The number of anilines is 3. The predicted octanol–water partition coefficient (Wildman–Crippen LogP) is -1.51. The fraction of sp³-hybridized carbons (Fsp3) is 0.667. The Hall–Kier alpha value is -1.53. The van der Waals surface area contributed by atoms with Crippen molar-refractivity contribution in [2.45, 2.75) is 19.4 Å². The molecule has 1 atom stereocenters. The first-order chi connectivity index (χ1) is 9.81. The van der Waals surface area contributed by atoms with E-state index < -0.39 is 10.4 Å². The minimum Gasteiger partial charge on any atom is -0.319 e. The van der Waals surface area contributed by atoms with Crippen molar-refractivity contribution in [3.63, 3.8) is 0 Å². The first-order valence-electron chi connectivity index (χ1n) is 6.18. The summed E-state index contributed by atoms with van der Waals surface area (Å²) in [7, 11) is -4.77. The van der Waals surface area contributed by atoms with Crippen LogP contribution in [0.3, 0.4) is 0 Å². The van der Waals surface area contributed by atoms with Crippen LogP contribution in [0.5, 0.6) is 0 Å². The molecule has 2 rings (SSSR count). The van der Waals surface area contributed by atoms with Crippen molar-refractivity contribution in [3.05, 3.63) is 0 Å². The quantitative estimate of drug-likeness (QED) is 0.437. The Bertz CT molecular complexity index is 602. The third-order valence-corrected chi connectivity index (χ3v) is 4.40. The Morgan fingerprint density at radius 3 is 2.62 bits per heavy atom. The summed E-state index contributed by atoms with van der Waals surface area (Å²) in [6.07, 6.45) is 0.909. The number of nitrogens with zero attached hydrogens (tertiary/aromatic N) is 4. The van der Waals surface area contributed by atoms with E-state index in [1.165, 1.54) is 0 Å². The summed E-state index contributed by atoms with van der Waals surface area (Å²) < 4.78 is 34.8. The van der Waals surface area contributed by atoms with Gasteiger partial charge >= 0.3 is 28.2 Å². The van der Waals surface area contributed by atoms with E-state index in [1.807, 2.05) is 16.7 Å². The summed E-state index contributed by atoms with van der Waals surface area (Å²) in [5, 5.41) is 0. The van der Waals surface area contributed by atoms with Crippen LogP contribution in [0, 0.1) is 0 Å². The van der Waals surface area contributed by atoms with Crippen LogP contribution in [0.2, 0.25) is 0 Å². The van der Waals surface area contributed by atoms with Crippen LogP contribution in [0.1, 0.15) is 13.3 Å². The summed E-state index contributed by atoms with van der Waals surface area (Å²) >= 11 is 1.84. The van der Waals surface area contributed by atoms with E-state index in [-0.39, 0.29) is 17.9 Å². The van der Waals surface area contributed by atoms with Crippen molar-refractivity contribution in [3.8, 4) is 0 Å². The molecule has 0 amide bonds. The van der Waals surface area contributed by atoms with Crippen LogP contribution >= 0.6 is 11.8 Å². The van der Waals surface area contributed by atoms with Gasteiger partial charge in [-0.3, -0.25) is 4.55 Å². The lowest BCUT2D eigenvalue weighted by Gasteiger charge is -2.33. The number of nitrogens with two attached hydrogens (primary N) is 2. The average molecular weight is 337 g/mol. The van der Waals surface area contributed by atoms with Crippen LogP contribution in [0.4, 0.5) is 17.8 Å². The van der Waals surface area contributed by atoms with E-state index in [9.17, 15) is 8.42 Å². The molecule has 10 nitrogen and oxygen atoms in total. The van der Waals surface area contributed by atoms with Gasteiger partial charge in [0.25, 0.3) is 0 Å². The van der Waals surface area contributed by atoms with Crippen molar-refractivity contribution in [1.29, 1.82) is 0 Å². The minimum atomic E-state index is -4.77. The molecule has 0 aromatic carbocycles. The summed E-state index contributed by atoms with van der Waals surface area (Å²) in [5.74, 6) is 1.55. The number of hydrogen-bond acceptors (Lipinski definition) is 9. The van der Waals surface area contributed by atoms with Gasteiger partial charge in [0.1, 0.15) is 0 Å². The molecule has 21 heavy (non-hydrogen) atoms. The van der Waals surface area contributed by atoms with Crippen molar-refractivity contribution < 1.29 is 22.0 Å². The molecule has 1 aliphatic heterocycles. The summed E-state index contributed by atoms with van der Waals surface area (Å²) in [4.78, 5) is 9.98. The maximum atomic E-state index is 10.7. The molecule has 12 heteroatoms. The molecule has 118 valence electrons. The molecule has 2 heterocycles. The van der Waals surface area contributed by atoms with Gasteiger partial charge in [-0.2, -0.15) is 20.2 Å². The molecule has 1 aliphatic rings. The van der Waals surface area contributed by atoms with Crippen molar-refractivity contribution in [1.82, 2.24) is 9.97 Å². The lowest BCUT2D eigenvalue weighted by atomic mass is 10.2. The first kappa shape index (κ1) is 15.9. The number of rotatable bonds is 4. The second kappa shape index (κ2) is 6.07. The molecule has 1 aromatic heterocycles. The largest absolute Gasteiger partial charge is 0.472 e. The van der Waals surface area contributed by atoms with Gasteiger partial charge in [-0.15, -0.1) is 0 Å². The van der Waals surface area contributed by atoms with Crippen LogP contribution in [0.25, 0.3) is 0 Å². The zero-order valence-electron chi connectivity index (χ0n) is 11.3.